The summed E-state index contributed by atoms with van der Waals surface area (Å²) in [6.45, 7) is 2.40. The van der Waals surface area contributed by atoms with E-state index in [0.29, 0.717) is 0 Å². The Bertz CT molecular complexity index is 674. The average molecular weight is 488 g/mol. The maximum Gasteiger partial charge on any atom is 0.290 e. The van der Waals surface area contributed by atoms with E-state index in [0.717, 1.165) is 38.9 Å². The molecule has 1 aliphatic heterocycles. The van der Waals surface area contributed by atoms with E-state index < -0.39 is 0 Å². The Morgan fingerprint density at radius 2 is 1.90 bits per heavy atom. The van der Waals surface area contributed by atoms with E-state index in [4.69, 9.17) is 25.0 Å². The number of carbonyl (C=O) groups is 1. The fourth-order valence-electron chi connectivity index (χ4n) is 2.45. The molecule has 0 bridgehead atoms. The molecule has 2 aromatic rings. The fourth-order valence-corrected chi connectivity index (χ4v) is 2.45. The van der Waals surface area contributed by atoms with Gasteiger partial charge in [-0.2, -0.15) is 0 Å². The van der Waals surface area contributed by atoms with Gasteiger partial charge in [0.1, 0.15) is 11.9 Å². The Morgan fingerprint density at radius 1 is 1.31 bits per heavy atom. The summed E-state index contributed by atoms with van der Waals surface area (Å²) in [4.78, 5) is 14.5. The van der Waals surface area contributed by atoms with Crippen LogP contribution in [0.2, 0.25) is 0 Å². The number of aliphatic hydroxyl groups is 1. The predicted molar refractivity (Wildman–Crippen MR) is 109 cm³/mol. The molecule has 0 amide bonds. The Hall–Kier alpha value is -1.07. The summed E-state index contributed by atoms with van der Waals surface area (Å²) >= 11 is 0. The van der Waals surface area contributed by atoms with Gasteiger partial charge in [-0.05, 0) is 38.2 Å². The van der Waals surface area contributed by atoms with Crippen LogP contribution in [0.3, 0.4) is 0 Å². The monoisotopic (exact) mass is 488 g/mol. The van der Waals surface area contributed by atoms with Crippen LogP contribution in [-0.2, 0) is 55.9 Å². The van der Waals surface area contributed by atoms with Gasteiger partial charge < -0.3 is 29.7 Å². The second kappa shape index (κ2) is 17.8. The maximum atomic E-state index is 8.36. The number of hydrogen-bond donors (Lipinski definition) is 4. The van der Waals surface area contributed by atoms with Crippen LogP contribution in [0.25, 0.3) is 10.9 Å². The molecule has 1 aromatic heterocycles. The average Bonchev–Trinajstić information content (AvgIpc) is 2.97. The third-order valence-electron chi connectivity index (χ3n) is 4.00. The predicted octanol–water partition coefficient (Wildman–Crippen LogP) is 1.05. The molecule has 10 heteroatoms. The molecule has 0 aliphatic carbocycles. The van der Waals surface area contributed by atoms with Crippen molar-refractivity contribution < 1.29 is 62.6 Å². The molecule has 1 radical (unpaired) electrons. The van der Waals surface area contributed by atoms with E-state index in [-0.39, 0.29) is 45.3 Å². The van der Waals surface area contributed by atoms with Gasteiger partial charge in [-0.3, -0.25) is 10.1 Å². The number of nitrogens with one attached hydrogen (secondary N) is 1. The zero-order chi connectivity index (χ0) is 21.5. The van der Waals surface area contributed by atoms with Crippen LogP contribution in [0.15, 0.2) is 24.4 Å². The number of nitrogens with zero attached hydrogens (tertiary/aromatic N) is 2. The van der Waals surface area contributed by atoms with Crippen molar-refractivity contribution in [1.29, 1.82) is 0 Å². The molecule has 0 atom stereocenters. The topological polar surface area (TPSA) is 116 Å². The van der Waals surface area contributed by atoms with Gasteiger partial charge in [0.05, 0.1) is 12.6 Å². The first-order chi connectivity index (χ1) is 13.5. The number of rotatable bonds is 5. The normalized spacial score (nSPS) is 12.1. The van der Waals surface area contributed by atoms with Gasteiger partial charge in [0.25, 0.3) is 6.47 Å². The van der Waals surface area contributed by atoms with Crippen LogP contribution in [0.4, 0.5) is 0 Å². The third-order valence-corrected chi connectivity index (χ3v) is 4.00. The number of ether oxygens (including phenoxy) is 1. The van der Waals surface area contributed by atoms with Gasteiger partial charge >= 0.3 is 0 Å². The van der Waals surface area contributed by atoms with Crippen molar-refractivity contribution in [2.24, 2.45) is 7.05 Å². The van der Waals surface area contributed by atoms with Crippen molar-refractivity contribution in [2.75, 3.05) is 47.9 Å². The van der Waals surface area contributed by atoms with Gasteiger partial charge in [0, 0.05) is 84.2 Å². The molecule has 4 N–H and O–H groups in total. The molecular weight excluding hydrogens is 455 g/mol. The zero-order valence-corrected chi connectivity index (χ0v) is 20.7. The quantitative estimate of drug-likeness (QED) is 0.281. The molecule has 0 unspecified atom stereocenters. The summed E-state index contributed by atoms with van der Waals surface area (Å²) in [6.07, 6.45) is 3.36. The van der Waals surface area contributed by atoms with E-state index in [1.165, 1.54) is 16.5 Å². The smallest absolute Gasteiger partial charge is 0.290 e. The van der Waals surface area contributed by atoms with Crippen LogP contribution in [0.5, 0.6) is 5.75 Å². The summed E-state index contributed by atoms with van der Waals surface area (Å²) < 4.78 is 7.43. The summed E-state index contributed by atoms with van der Waals surface area (Å²) in [5.74, 6) is 0.915. The largest absolute Gasteiger partial charge is 0.497 e. The van der Waals surface area contributed by atoms with Crippen LogP contribution >= 0.6 is 0 Å². The second-order valence-corrected chi connectivity index (χ2v) is 6.19. The number of carboxylic acid groups (broad SMARTS) is 1. The van der Waals surface area contributed by atoms with Crippen LogP contribution in [-0.4, -0.2) is 85.5 Å². The second-order valence-electron chi connectivity index (χ2n) is 6.19. The molecule has 29 heavy (non-hydrogen) atoms. The molecule has 1 aliphatic rings. The molecule has 0 spiro atoms. The van der Waals surface area contributed by atoms with Crippen molar-refractivity contribution in [3.63, 3.8) is 0 Å². The van der Waals surface area contributed by atoms with Gasteiger partial charge in [0.15, 0.2) is 0 Å². The van der Waals surface area contributed by atoms with Crippen molar-refractivity contribution >= 4 is 17.4 Å². The van der Waals surface area contributed by atoms with Crippen LogP contribution in [0, 0.1) is 0 Å². The zero-order valence-electron chi connectivity index (χ0n) is 17.8. The number of aliphatic hydroxyl groups excluding tert-OH is 1. The minimum absolute atomic E-state index is 0. The van der Waals surface area contributed by atoms with Gasteiger partial charge in [-0.15, -0.1) is 0 Å². The van der Waals surface area contributed by atoms with E-state index in [1.54, 1.807) is 7.11 Å². The Labute approximate surface area is 197 Å². The molecule has 1 aromatic carbocycles. The van der Waals surface area contributed by atoms with E-state index in [2.05, 4.69) is 59.1 Å². The van der Waals surface area contributed by atoms with Gasteiger partial charge in [-0.1, -0.05) is 0 Å². The molecular formula is C19H33N3O6Y. The molecule has 3 rings (SSSR count). The molecule has 0 saturated carbocycles. The van der Waals surface area contributed by atoms with Crippen molar-refractivity contribution in [3.05, 3.63) is 30.0 Å². The number of hydrogen-bond acceptors (Lipinski definition) is 7. The Morgan fingerprint density at radius 3 is 2.28 bits per heavy atom. The number of fused-ring (bicyclic) bond motifs is 1. The first kappa shape index (κ1) is 30.1. The maximum absolute atomic E-state index is 8.36. The first-order valence-corrected chi connectivity index (χ1v) is 8.77. The van der Waals surface area contributed by atoms with Crippen LogP contribution < -0.4 is 10.1 Å². The summed E-state index contributed by atoms with van der Waals surface area (Å²) in [5.41, 5.74) is 2.64. The van der Waals surface area contributed by atoms with Gasteiger partial charge in [0.2, 0.25) is 0 Å². The molecule has 2 heterocycles. The molecule has 9 nitrogen and oxygen atoms in total. The van der Waals surface area contributed by atoms with Crippen LogP contribution in [0.1, 0.15) is 5.56 Å². The van der Waals surface area contributed by atoms with Crippen molar-refractivity contribution in [2.45, 2.75) is 12.5 Å². The fraction of sp³-hybridized carbons (Fsp3) is 0.526. The standard InChI is InChI=1S/C14H20N2O.C3H7NO2.CH2O2.CH4O.Y/c1-15(2)8-7-11-10-16(3)14-9-12(17-4)5-6-13(11)14;5-6-3-1-4-2-3;2-1-3;1-2;/h5-6,9-10H,7-8H2,1-4H3;3-5H,1-2H2;1H,(H,2,3);2H,1H3;. The number of aryl methyl sites for hydroxylation is 1. The third kappa shape index (κ3) is 11.0. The van der Waals surface area contributed by atoms with E-state index in [9.17, 15) is 0 Å². The molecule has 163 valence electrons. The number of benzene rings is 1. The van der Waals surface area contributed by atoms with Crippen molar-refractivity contribution in [1.82, 2.24) is 14.8 Å². The molecule has 1 fully saturated rings. The minimum atomic E-state index is -0.250. The number of likely N-dealkylation sites (N-methyl/N-ethyl adjacent to an activating group) is 1. The summed E-state index contributed by atoms with van der Waals surface area (Å²) in [5, 5.41) is 26.0. The minimum Gasteiger partial charge on any atom is -0.497 e. The summed E-state index contributed by atoms with van der Waals surface area (Å²) in [7, 11) is 9.00. The Balaban J connectivity index is 0. The number of aromatic nitrogens is 1. The molecule has 1 saturated heterocycles. The SMILES string of the molecule is CO.COc1ccc2c(CCN(C)C)cn(C)c2c1.O=CO.OOC1CNC1.[Y]. The van der Waals surface area contributed by atoms with E-state index in [1.807, 2.05) is 6.07 Å². The Kier molecular flexibility index (Phi) is 18.5. The summed E-state index contributed by atoms with van der Waals surface area (Å²) in [6, 6.07) is 6.27. The van der Waals surface area contributed by atoms with E-state index >= 15 is 0 Å². The first-order valence-electron chi connectivity index (χ1n) is 8.77. The number of methoxy groups -OCH3 is 1. The van der Waals surface area contributed by atoms with Crippen molar-refractivity contribution in [3.8, 4) is 5.75 Å². The van der Waals surface area contributed by atoms with Gasteiger partial charge in [-0.25, -0.2) is 4.89 Å².